The standard InChI is InChI=1S/C24H21ClFN3/c25-22-10-5-11-23(26)21(22)16-27-29-14-12-28(13-15-29)24-19-8-3-1-6-17(19)18-7-2-4-9-20(18)24/h1-11,16,24H,12-15H2/p+1/b27-16+. The summed E-state index contributed by atoms with van der Waals surface area (Å²) in [6.45, 7) is 3.63. The number of rotatable bonds is 3. The van der Waals surface area contributed by atoms with Crippen molar-refractivity contribution in [3.05, 3.63) is 94.3 Å². The van der Waals surface area contributed by atoms with Gasteiger partial charge in [-0.25, -0.2) is 4.39 Å². The Morgan fingerprint density at radius 3 is 2.14 bits per heavy atom. The third-order valence-corrected chi connectivity index (χ3v) is 6.30. The molecule has 0 radical (unpaired) electrons. The van der Waals surface area contributed by atoms with E-state index in [2.05, 4.69) is 53.6 Å². The third kappa shape index (κ3) is 3.33. The van der Waals surface area contributed by atoms with Crippen LogP contribution in [0.2, 0.25) is 5.02 Å². The normalized spacial score (nSPS) is 17.0. The number of nitrogens with one attached hydrogen (secondary N) is 1. The molecule has 5 rings (SSSR count). The number of fused-ring (bicyclic) bond motifs is 3. The van der Waals surface area contributed by atoms with E-state index in [0.717, 1.165) is 26.2 Å². The first-order valence-corrected chi connectivity index (χ1v) is 10.4. The second-order valence-corrected chi connectivity index (χ2v) is 8.01. The molecule has 0 aromatic heterocycles. The molecule has 1 aliphatic heterocycles. The van der Waals surface area contributed by atoms with Crippen LogP contribution in [0.15, 0.2) is 71.8 Å². The molecule has 0 unspecified atom stereocenters. The smallest absolute Gasteiger partial charge is 0.140 e. The van der Waals surface area contributed by atoms with Crippen molar-refractivity contribution in [3.63, 3.8) is 0 Å². The third-order valence-electron chi connectivity index (χ3n) is 5.97. The van der Waals surface area contributed by atoms with E-state index in [4.69, 9.17) is 11.6 Å². The predicted molar refractivity (Wildman–Crippen MR) is 115 cm³/mol. The van der Waals surface area contributed by atoms with E-state index in [-0.39, 0.29) is 5.82 Å². The summed E-state index contributed by atoms with van der Waals surface area (Å²) >= 11 is 6.10. The van der Waals surface area contributed by atoms with Crippen molar-refractivity contribution < 1.29 is 9.29 Å². The Morgan fingerprint density at radius 2 is 1.52 bits per heavy atom. The lowest BCUT2D eigenvalue weighted by Gasteiger charge is -2.34. The molecule has 1 aliphatic carbocycles. The summed E-state index contributed by atoms with van der Waals surface area (Å²) in [6, 6.07) is 22.6. The Balaban J connectivity index is 1.33. The average molecular weight is 407 g/mol. The van der Waals surface area contributed by atoms with E-state index in [9.17, 15) is 4.39 Å². The predicted octanol–water partition coefficient (Wildman–Crippen LogP) is 3.78. The van der Waals surface area contributed by atoms with Crippen LogP contribution in [0.4, 0.5) is 4.39 Å². The number of hydrazone groups is 1. The van der Waals surface area contributed by atoms with E-state index in [1.54, 1.807) is 23.2 Å². The molecule has 1 fully saturated rings. The van der Waals surface area contributed by atoms with Gasteiger partial charge in [0, 0.05) is 16.7 Å². The van der Waals surface area contributed by atoms with Crippen molar-refractivity contribution in [1.82, 2.24) is 5.01 Å². The number of halogens is 2. The number of piperazine rings is 1. The van der Waals surface area contributed by atoms with Crippen LogP contribution in [-0.4, -0.2) is 37.4 Å². The lowest BCUT2D eigenvalue weighted by atomic mass is 10.0. The van der Waals surface area contributed by atoms with Crippen LogP contribution in [0.5, 0.6) is 0 Å². The van der Waals surface area contributed by atoms with Crippen molar-refractivity contribution >= 4 is 17.8 Å². The first-order valence-electron chi connectivity index (χ1n) is 9.98. The minimum absolute atomic E-state index is 0.343. The zero-order valence-corrected chi connectivity index (χ0v) is 16.7. The van der Waals surface area contributed by atoms with Crippen molar-refractivity contribution in [2.45, 2.75) is 6.04 Å². The second-order valence-electron chi connectivity index (χ2n) is 7.60. The molecular weight excluding hydrogens is 385 g/mol. The van der Waals surface area contributed by atoms with Crippen LogP contribution in [0.1, 0.15) is 22.7 Å². The van der Waals surface area contributed by atoms with E-state index in [1.165, 1.54) is 28.3 Å². The first-order chi connectivity index (χ1) is 14.2. The van der Waals surface area contributed by atoms with Gasteiger partial charge in [-0.05, 0) is 23.3 Å². The highest BCUT2D eigenvalue weighted by atomic mass is 35.5. The maximum absolute atomic E-state index is 14.0. The Bertz CT molecular complexity index is 1010. The number of benzene rings is 3. The fourth-order valence-electron chi connectivity index (χ4n) is 4.56. The minimum Gasteiger partial charge on any atom is -0.322 e. The molecule has 146 valence electrons. The highest BCUT2D eigenvalue weighted by Gasteiger charge is 2.37. The maximum Gasteiger partial charge on any atom is 0.140 e. The van der Waals surface area contributed by atoms with Crippen molar-refractivity contribution in [3.8, 4) is 11.1 Å². The summed E-state index contributed by atoms with van der Waals surface area (Å²) in [5.74, 6) is -0.343. The number of hydrogen-bond donors (Lipinski definition) is 1. The number of hydrogen-bond acceptors (Lipinski definition) is 2. The highest BCUT2D eigenvalue weighted by molar-refractivity contribution is 6.33. The van der Waals surface area contributed by atoms with Crippen LogP contribution >= 0.6 is 11.6 Å². The van der Waals surface area contributed by atoms with Gasteiger partial charge in [-0.15, -0.1) is 0 Å². The van der Waals surface area contributed by atoms with Gasteiger partial charge in [0.2, 0.25) is 0 Å². The summed E-state index contributed by atoms with van der Waals surface area (Å²) < 4.78 is 14.0. The Morgan fingerprint density at radius 1 is 0.897 bits per heavy atom. The summed E-state index contributed by atoms with van der Waals surface area (Å²) in [6.07, 6.45) is 1.54. The molecular formula is C24H22ClFN3+. The quantitative estimate of drug-likeness (QED) is 0.656. The second kappa shape index (κ2) is 7.62. The molecule has 3 nitrogen and oxygen atoms in total. The zero-order chi connectivity index (χ0) is 19.8. The molecule has 29 heavy (non-hydrogen) atoms. The van der Waals surface area contributed by atoms with Gasteiger partial charge in [-0.3, -0.25) is 5.01 Å². The Labute approximate surface area is 175 Å². The van der Waals surface area contributed by atoms with Gasteiger partial charge in [0.1, 0.15) is 11.9 Å². The lowest BCUT2D eigenvalue weighted by Crippen LogP contribution is -3.14. The van der Waals surface area contributed by atoms with Crippen molar-refractivity contribution in [1.29, 1.82) is 0 Å². The molecule has 0 amide bonds. The van der Waals surface area contributed by atoms with Gasteiger partial charge in [-0.2, -0.15) is 5.10 Å². The van der Waals surface area contributed by atoms with Crippen LogP contribution < -0.4 is 4.90 Å². The van der Waals surface area contributed by atoms with E-state index >= 15 is 0 Å². The van der Waals surface area contributed by atoms with Gasteiger partial charge < -0.3 is 4.90 Å². The van der Waals surface area contributed by atoms with Crippen LogP contribution in [-0.2, 0) is 0 Å². The monoisotopic (exact) mass is 406 g/mol. The van der Waals surface area contributed by atoms with E-state index in [0.29, 0.717) is 16.6 Å². The van der Waals surface area contributed by atoms with Gasteiger partial charge in [0.05, 0.1) is 37.4 Å². The van der Waals surface area contributed by atoms with Crippen molar-refractivity contribution in [2.75, 3.05) is 26.2 Å². The van der Waals surface area contributed by atoms with Crippen LogP contribution in [0.25, 0.3) is 11.1 Å². The first kappa shape index (κ1) is 18.3. The van der Waals surface area contributed by atoms with Gasteiger partial charge >= 0.3 is 0 Å². The number of nitrogens with zero attached hydrogens (tertiary/aromatic N) is 2. The van der Waals surface area contributed by atoms with Gasteiger partial charge in [-0.1, -0.05) is 66.2 Å². The van der Waals surface area contributed by atoms with E-state index in [1.807, 2.05) is 5.01 Å². The van der Waals surface area contributed by atoms with E-state index < -0.39 is 0 Å². The molecule has 0 spiro atoms. The lowest BCUT2D eigenvalue weighted by molar-refractivity contribution is -0.929. The fraction of sp³-hybridized carbons (Fsp3) is 0.208. The topological polar surface area (TPSA) is 20.0 Å². The largest absolute Gasteiger partial charge is 0.322 e. The molecule has 0 atom stereocenters. The summed E-state index contributed by atoms with van der Waals surface area (Å²) in [4.78, 5) is 1.55. The molecule has 3 aromatic rings. The summed E-state index contributed by atoms with van der Waals surface area (Å²) in [5.41, 5.74) is 5.89. The summed E-state index contributed by atoms with van der Waals surface area (Å²) in [5, 5.41) is 6.89. The number of quaternary nitrogens is 1. The van der Waals surface area contributed by atoms with Gasteiger partial charge in [0.15, 0.2) is 0 Å². The molecule has 1 heterocycles. The van der Waals surface area contributed by atoms with Crippen LogP contribution in [0, 0.1) is 5.82 Å². The zero-order valence-electron chi connectivity index (χ0n) is 16.0. The Kier molecular flexibility index (Phi) is 4.82. The average Bonchev–Trinajstić information content (AvgIpc) is 3.08. The summed E-state index contributed by atoms with van der Waals surface area (Å²) in [7, 11) is 0. The molecule has 0 bridgehead atoms. The molecule has 1 saturated heterocycles. The minimum atomic E-state index is -0.343. The highest BCUT2D eigenvalue weighted by Crippen LogP contribution is 2.41. The molecule has 1 N–H and O–H groups in total. The van der Waals surface area contributed by atoms with Gasteiger partial charge in [0.25, 0.3) is 0 Å². The maximum atomic E-state index is 14.0. The molecule has 5 heteroatoms. The molecule has 2 aliphatic rings. The molecule has 3 aromatic carbocycles. The fourth-order valence-corrected chi connectivity index (χ4v) is 4.77. The Hall–Kier alpha value is -2.69. The van der Waals surface area contributed by atoms with Crippen LogP contribution in [0.3, 0.4) is 0 Å². The van der Waals surface area contributed by atoms with Crippen molar-refractivity contribution in [2.24, 2.45) is 5.10 Å². The molecule has 0 saturated carbocycles. The SMILES string of the molecule is Fc1cccc(Cl)c1/C=N/N1CC[NH+](C2c3ccccc3-c3ccccc32)CC1.